The number of hydrogen-bond acceptors (Lipinski definition) is 5. The second-order valence-electron chi connectivity index (χ2n) is 13.3. The number of amides is 1. The average Bonchev–Trinajstić information content (AvgIpc) is 3.10. The maximum Gasteiger partial charge on any atom is 0.302 e. The van der Waals surface area contributed by atoms with Gasteiger partial charge in [0, 0.05) is 51.5 Å². The summed E-state index contributed by atoms with van der Waals surface area (Å²) >= 11 is 0. The molecule has 0 aromatic rings. The number of carbonyl (C=O) groups is 4. The molecule has 0 aromatic heterocycles. The van der Waals surface area contributed by atoms with Crippen LogP contribution in [0.1, 0.15) is 99.3 Å². The number of esters is 1. The molecule has 4 aliphatic rings. The highest BCUT2D eigenvalue weighted by Gasteiger charge is 2.62. The van der Waals surface area contributed by atoms with E-state index in [9.17, 15) is 19.2 Å². The van der Waals surface area contributed by atoms with Gasteiger partial charge in [0.25, 0.3) is 0 Å². The van der Waals surface area contributed by atoms with Crippen LogP contribution in [0, 0.1) is 46.3 Å². The number of allylic oxidation sites excluding steroid dienone is 1. The molecule has 6 heteroatoms. The SMILES string of the molecule is CC(=O)NC[C@H](C)CCC(=O)[C@@H](C)[C@H]1C(=O)C[C@@H]2[C@@H]3CC=C4C[C@@H](OC(C)=O)CC[C@]4(C)[C@H]3CC[C@@]21C. The van der Waals surface area contributed by atoms with Gasteiger partial charge in [0.2, 0.25) is 5.91 Å². The van der Waals surface area contributed by atoms with E-state index in [1.54, 1.807) is 0 Å². The molecule has 0 radical (unpaired) electrons. The fraction of sp³-hybridized carbons (Fsp3) is 0.806. The first-order chi connectivity index (χ1) is 17.4. The van der Waals surface area contributed by atoms with Crippen LogP contribution in [0.25, 0.3) is 0 Å². The van der Waals surface area contributed by atoms with Crippen molar-refractivity contribution >= 4 is 23.4 Å². The summed E-state index contributed by atoms with van der Waals surface area (Å²) in [5.41, 5.74) is 1.45. The number of fused-ring (bicyclic) bond motifs is 5. The molecule has 9 atom stereocenters. The Morgan fingerprint density at radius 1 is 1.08 bits per heavy atom. The molecule has 0 spiro atoms. The predicted molar refractivity (Wildman–Crippen MR) is 142 cm³/mol. The van der Waals surface area contributed by atoms with Crippen molar-refractivity contribution in [2.75, 3.05) is 6.54 Å². The highest BCUT2D eigenvalue weighted by Crippen LogP contribution is 2.66. The van der Waals surface area contributed by atoms with Crippen LogP contribution in [0.15, 0.2) is 11.6 Å². The van der Waals surface area contributed by atoms with E-state index < -0.39 is 0 Å². The Morgan fingerprint density at radius 3 is 2.49 bits per heavy atom. The summed E-state index contributed by atoms with van der Waals surface area (Å²) in [5.74, 6) is 1.40. The van der Waals surface area contributed by atoms with Crippen LogP contribution < -0.4 is 5.32 Å². The Hall–Kier alpha value is -1.98. The van der Waals surface area contributed by atoms with Gasteiger partial charge in [0.15, 0.2) is 0 Å². The summed E-state index contributed by atoms with van der Waals surface area (Å²) in [6, 6.07) is 0. The number of Topliss-reactive ketones (excluding diaryl/α,β-unsaturated/α-hetero) is 2. The number of nitrogens with one attached hydrogen (secondary N) is 1. The highest BCUT2D eigenvalue weighted by atomic mass is 16.5. The second kappa shape index (κ2) is 10.6. The van der Waals surface area contributed by atoms with Crippen LogP contribution in [0.5, 0.6) is 0 Å². The highest BCUT2D eigenvalue weighted by molar-refractivity contribution is 5.92. The molecule has 37 heavy (non-hydrogen) atoms. The fourth-order valence-corrected chi connectivity index (χ4v) is 8.86. The second-order valence-corrected chi connectivity index (χ2v) is 13.3. The van der Waals surface area contributed by atoms with Gasteiger partial charge in [-0.1, -0.05) is 39.3 Å². The summed E-state index contributed by atoms with van der Waals surface area (Å²) in [7, 11) is 0. The van der Waals surface area contributed by atoms with Crippen LogP contribution in [0.2, 0.25) is 0 Å². The lowest BCUT2D eigenvalue weighted by atomic mass is 9.47. The topological polar surface area (TPSA) is 89.5 Å². The molecule has 0 aromatic carbocycles. The van der Waals surface area contributed by atoms with E-state index >= 15 is 0 Å². The molecule has 0 heterocycles. The summed E-state index contributed by atoms with van der Waals surface area (Å²) in [6.07, 6.45) is 10.1. The van der Waals surface area contributed by atoms with E-state index in [-0.39, 0.29) is 52.3 Å². The minimum Gasteiger partial charge on any atom is -0.462 e. The molecule has 4 rings (SSSR count). The van der Waals surface area contributed by atoms with Crippen LogP contribution in [0.4, 0.5) is 0 Å². The third-order valence-electron chi connectivity index (χ3n) is 10.9. The van der Waals surface area contributed by atoms with Gasteiger partial charge in [-0.15, -0.1) is 0 Å². The van der Waals surface area contributed by atoms with E-state index in [1.165, 1.54) is 19.4 Å². The van der Waals surface area contributed by atoms with Crippen molar-refractivity contribution in [3.8, 4) is 0 Å². The van der Waals surface area contributed by atoms with Crippen molar-refractivity contribution in [2.24, 2.45) is 46.3 Å². The first-order valence-electron chi connectivity index (χ1n) is 14.5. The minimum atomic E-state index is -0.253. The van der Waals surface area contributed by atoms with Gasteiger partial charge in [-0.25, -0.2) is 0 Å². The molecule has 1 amide bonds. The molecule has 0 saturated heterocycles. The number of carbonyl (C=O) groups excluding carboxylic acids is 4. The van der Waals surface area contributed by atoms with E-state index in [0.717, 1.165) is 44.9 Å². The summed E-state index contributed by atoms with van der Waals surface area (Å²) in [4.78, 5) is 49.5. The molecule has 0 unspecified atom stereocenters. The lowest BCUT2D eigenvalue weighted by Crippen LogP contribution is -2.51. The molecule has 3 saturated carbocycles. The van der Waals surface area contributed by atoms with Gasteiger partial charge in [-0.2, -0.15) is 0 Å². The first-order valence-corrected chi connectivity index (χ1v) is 14.5. The summed E-state index contributed by atoms with van der Waals surface area (Å²) in [6.45, 7) is 12.3. The van der Waals surface area contributed by atoms with E-state index in [1.807, 2.05) is 6.92 Å². The van der Waals surface area contributed by atoms with E-state index in [0.29, 0.717) is 42.9 Å². The number of ether oxygens (including phenoxy) is 1. The lowest BCUT2D eigenvalue weighted by Gasteiger charge is -2.58. The van der Waals surface area contributed by atoms with Gasteiger partial charge >= 0.3 is 5.97 Å². The third kappa shape index (κ3) is 5.31. The molecule has 4 aliphatic carbocycles. The summed E-state index contributed by atoms with van der Waals surface area (Å²) < 4.78 is 5.57. The van der Waals surface area contributed by atoms with Crippen molar-refractivity contribution in [3.05, 3.63) is 11.6 Å². The Bertz CT molecular complexity index is 971. The number of rotatable bonds is 8. The van der Waals surface area contributed by atoms with Gasteiger partial charge in [0.1, 0.15) is 17.7 Å². The Balaban J connectivity index is 1.45. The smallest absolute Gasteiger partial charge is 0.302 e. The standard InChI is InChI=1S/C31H47NO5/c1-18(17-32-20(3)33)7-10-27(35)19(2)29-28(36)16-26-24-9-8-22-15-23(37-21(4)34)11-13-30(22,5)25(24)12-14-31(26,29)6/h8,18-19,23-26,29H,7,9-17H2,1-6H3,(H,32,33)/t18-,19-,23+,24-,25+,26-,29+,30+,31+/m1/s1. The zero-order valence-corrected chi connectivity index (χ0v) is 23.7. The fourth-order valence-electron chi connectivity index (χ4n) is 8.86. The van der Waals surface area contributed by atoms with Crippen LogP contribution in [-0.2, 0) is 23.9 Å². The number of hydrogen-bond donors (Lipinski definition) is 1. The van der Waals surface area contributed by atoms with E-state index in [2.05, 4.69) is 32.2 Å². The molecule has 1 N–H and O–H groups in total. The molecule has 6 nitrogen and oxygen atoms in total. The Labute approximate surface area is 222 Å². The molecular formula is C31H47NO5. The predicted octanol–water partition coefficient (Wildman–Crippen LogP) is 5.43. The van der Waals surface area contributed by atoms with Gasteiger partial charge < -0.3 is 10.1 Å². The zero-order valence-electron chi connectivity index (χ0n) is 23.7. The van der Waals surface area contributed by atoms with Gasteiger partial charge in [-0.05, 0) is 73.0 Å². The minimum absolute atomic E-state index is 0.00695. The molecule has 3 fully saturated rings. The van der Waals surface area contributed by atoms with Crippen molar-refractivity contribution in [2.45, 2.75) is 105 Å². The van der Waals surface area contributed by atoms with Crippen molar-refractivity contribution < 1.29 is 23.9 Å². The van der Waals surface area contributed by atoms with Crippen LogP contribution >= 0.6 is 0 Å². The maximum atomic E-state index is 13.5. The number of ketones is 2. The van der Waals surface area contributed by atoms with E-state index in [4.69, 9.17) is 4.74 Å². The Morgan fingerprint density at radius 2 is 1.81 bits per heavy atom. The zero-order chi connectivity index (χ0) is 27.1. The average molecular weight is 514 g/mol. The van der Waals surface area contributed by atoms with Crippen molar-refractivity contribution in [3.63, 3.8) is 0 Å². The lowest BCUT2D eigenvalue weighted by molar-refractivity contribution is -0.148. The molecule has 206 valence electrons. The quantitative estimate of drug-likeness (QED) is 0.345. The van der Waals surface area contributed by atoms with Gasteiger partial charge in [-0.3, -0.25) is 19.2 Å². The van der Waals surface area contributed by atoms with Crippen LogP contribution in [-0.4, -0.2) is 36.1 Å². The molecule has 0 aliphatic heterocycles. The first kappa shape index (κ1) is 28.0. The van der Waals surface area contributed by atoms with Crippen LogP contribution in [0.3, 0.4) is 0 Å². The Kier molecular flexibility index (Phi) is 8.07. The van der Waals surface area contributed by atoms with Crippen molar-refractivity contribution in [1.29, 1.82) is 0 Å². The van der Waals surface area contributed by atoms with Crippen molar-refractivity contribution in [1.82, 2.24) is 5.32 Å². The summed E-state index contributed by atoms with van der Waals surface area (Å²) in [5, 5.41) is 2.83. The monoisotopic (exact) mass is 513 g/mol. The van der Waals surface area contributed by atoms with Gasteiger partial charge in [0.05, 0.1) is 0 Å². The third-order valence-corrected chi connectivity index (χ3v) is 10.9. The molecular weight excluding hydrogens is 466 g/mol. The maximum absolute atomic E-state index is 13.5. The molecule has 0 bridgehead atoms. The normalized spacial score (nSPS) is 38.4. The largest absolute Gasteiger partial charge is 0.462 e.